The molecule has 3 aromatic carbocycles. The summed E-state index contributed by atoms with van der Waals surface area (Å²) >= 11 is 7.60. The largest absolute Gasteiger partial charge is 0.497 e. The number of hydrogen-bond donors (Lipinski definition) is 3. The smallest absolute Gasteiger partial charge is 0.255 e. The number of hydrogen-bond acceptors (Lipinski definition) is 6. The predicted octanol–water partition coefficient (Wildman–Crippen LogP) is 5.49. The van der Waals surface area contributed by atoms with Crippen LogP contribution < -0.4 is 15.4 Å². The molecule has 0 aliphatic carbocycles. The van der Waals surface area contributed by atoms with Crippen molar-refractivity contribution in [1.82, 2.24) is 4.98 Å². The zero-order chi connectivity index (χ0) is 22.7. The Morgan fingerprint density at radius 3 is 2.78 bits per heavy atom. The monoisotopic (exact) mass is 467 g/mol. The van der Waals surface area contributed by atoms with E-state index in [0.29, 0.717) is 27.8 Å². The minimum Gasteiger partial charge on any atom is -0.497 e. The number of aryl methyl sites for hydroxylation is 1. The molecule has 1 aromatic heterocycles. The average molecular weight is 468 g/mol. The Hall–Kier alpha value is -3.13. The third-order valence-corrected chi connectivity index (χ3v) is 6.23. The standard InChI is InChI=1S/C24H22ClN3O3S/c1-14-5-3-8-18(25)22(14)28-23(30)16-9-10-19-20(13-16)32-24(26-19)27-21(29)12-15-6-4-7-17(11-15)31-2/h3-11,13,21,29H,12H2,1-2H3,(H,26,27)(H,28,30). The molecule has 4 rings (SSSR count). The number of rotatable bonds is 7. The first-order valence-electron chi connectivity index (χ1n) is 9.97. The first-order valence-corrected chi connectivity index (χ1v) is 11.2. The average Bonchev–Trinajstić information content (AvgIpc) is 3.17. The molecule has 0 aliphatic heterocycles. The number of amides is 1. The van der Waals surface area contributed by atoms with Gasteiger partial charge in [0.1, 0.15) is 12.0 Å². The number of methoxy groups -OCH3 is 1. The Kier molecular flexibility index (Phi) is 6.60. The number of halogens is 1. The van der Waals surface area contributed by atoms with Gasteiger partial charge in [0.25, 0.3) is 5.91 Å². The van der Waals surface area contributed by atoms with Crippen LogP contribution in [-0.4, -0.2) is 29.3 Å². The highest BCUT2D eigenvalue weighted by atomic mass is 35.5. The fourth-order valence-electron chi connectivity index (χ4n) is 3.32. The third kappa shape index (κ3) is 5.02. The quantitative estimate of drug-likeness (QED) is 0.313. The number of carbonyl (C=O) groups is 1. The molecule has 32 heavy (non-hydrogen) atoms. The Labute approximate surface area is 194 Å². The van der Waals surface area contributed by atoms with E-state index >= 15 is 0 Å². The maximum Gasteiger partial charge on any atom is 0.255 e. The van der Waals surface area contributed by atoms with E-state index < -0.39 is 6.23 Å². The minimum absolute atomic E-state index is 0.246. The number of para-hydroxylation sites is 1. The summed E-state index contributed by atoms with van der Waals surface area (Å²) in [5, 5.41) is 17.4. The second-order valence-corrected chi connectivity index (χ2v) is 8.74. The molecule has 1 heterocycles. The number of aliphatic hydroxyl groups is 1. The van der Waals surface area contributed by atoms with E-state index in [1.54, 1.807) is 31.4 Å². The Bertz CT molecular complexity index is 1250. The molecule has 1 atom stereocenters. The van der Waals surface area contributed by atoms with Gasteiger partial charge in [-0.2, -0.15) is 0 Å². The maximum absolute atomic E-state index is 12.8. The van der Waals surface area contributed by atoms with Crippen molar-refractivity contribution in [2.24, 2.45) is 0 Å². The van der Waals surface area contributed by atoms with Gasteiger partial charge in [-0.3, -0.25) is 4.79 Å². The molecule has 0 fully saturated rings. The van der Waals surface area contributed by atoms with Gasteiger partial charge in [-0.05, 0) is 54.4 Å². The molecule has 0 aliphatic rings. The van der Waals surface area contributed by atoms with Crippen molar-refractivity contribution in [2.45, 2.75) is 19.6 Å². The number of thiazole rings is 1. The van der Waals surface area contributed by atoms with Crippen molar-refractivity contribution < 1.29 is 14.6 Å². The van der Waals surface area contributed by atoms with Gasteiger partial charge in [-0.15, -0.1) is 0 Å². The second-order valence-electron chi connectivity index (χ2n) is 7.30. The summed E-state index contributed by atoms with van der Waals surface area (Å²) in [7, 11) is 1.61. The van der Waals surface area contributed by atoms with Crippen molar-refractivity contribution in [3.63, 3.8) is 0 Å². The van der Waals surface area contributed by atoms with E-state index in [9.17, 15) is 9.90 Å². The first-order chi connectivity index (χ1) is 15.4. The van der Waals surface area contributed by atoms with E-state index in [2.05, 4.69) is 15.6 Å². The molecule has 0 bridgehead atoms. The van der Waals surface area contributed by atoms with E-state index in [4.69, 9.17) is 16.3 Å². The van der Waals surface area contributed by atoms with E-state index in [0.717, 1.165) is 27.1 Å². The molecule has 3 N–H and O–H groups in total. The lowest BCUT2D eigenvalue weighted by Crippen LogP contribution is -2.21. The molecular weight excluding hydrogens is 446 g/mol. The highest BCUT2D eigenvalue weighted by Gasteiger charge is 2.14. The van der Waals surface area contributed by atoms with Crippen LogP contribution in [0.3, 0.4) is 0 Å². The number of fused-ring (bicyclic) bond motifs is 1. The van der Waals surface area contributed by atoms with E-state index in [1.807, 2.05) is 43.3 Å². The lowest BCUT2D eigenvalue weighted by Gasteiger charge is -2.12. The number of aromatic nitrogens is 1. The molecular formula is C24H22ClN3O3S. The Morgan fingerprint density at radius 1 is 1.19 bits per heavy atom. The highest BCUT2D eigenvalue weighted by molar-refractivity contribution is 7.22. The van der Waals surface area contributed by atoms with Crippen molar-refractivity contribution in [2.75, 3.05) is 17.7 Å². The van der Waals surface area contributed by atoms with Crippen LogP contribution in [0.15, 0.2) is 60.7 Å². The van der Waals surface area contributed by atoms with E-state index in [-0.39, 0.29) is 5.91 Å². The van der Waals surface area contributed by atoms with Crippen LogP contribution in [0, 0.1) is 6.92 Å². The lowest BCUT2D eigenvalue weighted by molar-refractivity contribution is 0.102. The Balaban J connectivity index is 1.47. The van der Waals surface area contributed by atoms with Gasteiger partial charge < -0.3 is 20.5 Å². The summed E-state index contributed by atoms with van der Waals surface area (Å²) in [5.74, 6) is 0.497. The van der Waals surface area contributed by atoms with Gasteiger partial charge in [0.15, 0.2) is 5.13 Å². The topological polar surface area (TPSA) is 83.5 Å². The molecule has 0 spiro atoms. The van der Waals surface area contributed by atoms with Crippen LogP contribution in [0.2, 0.25) is 5.02 Å². The minimum atomic E-state index is -0.811. The molecule has 8 heteroatoms. The Morgan fingerprint density at radius 2 is 2.00 bits per heavy atom. The summed E-state index contributed by atoms with van der Waals surface area (Å²) in [4.78, 5) is 17.3. The number of nitrogens with zero attached hydrogens (tertiary/aromatic N) is 1. The number of benzene rings is 3. The summed E-state index contributed by atoms with van der Waals surface area (Å²) < 4.78 is 6.06. The number of aliphatic hydroxyl groups excluding tert-OH is 1. The van der Waals surface area contributed by atoms with Crippen LogP contribution in [0.4, 0.5) is 10.8 Å². The van der Waals surface area contributed by atoms with Crippen molar-refractivity contribution in [3.05, 3.63) is 82.4 Å². The van der Waals surface area contributed by atoms with Gasteiger partial charge in [-0.25, -0.2) is 4.98 Å². The number of anilines is 2. The number of carbonyl (C=O) groups excluding carboxylic acids is 1. The SMILES string of the molecule is COc1cccc(CC(O)Nc2nc3ccc(C(=O)Nc4c(C)cccc4Cl)cc3s2)c1. The summed E-state index contributed by atoms with van der Waals surface area (Å²) in [6.45, 7) is 1.89. The molecule has 1 unspecified atom stereocenters. The second kappa shape index (κ2) is 9.56. The molecule has 6 nitrogen and oxygen atoms in total. The van der Waals surface area contributed by atoms with Crippen LogP contribution in [0.25, 0.3) is 10.2 Å². The fourth-order valence-corrected chi connectivity index (χ4v) is 4.54. The highest BCUT2D eigenvalue weighted by Crippen LogP contribution is 2.29. The van der Waals surface area contributed by atoms with Crippen LogP contribution in [-0.2, 0) is 6.42 Å². The molecule has 0 saturated carbocycles. The molecule has 164 valence electrons. The van der Waals surface area contributed by atoms with Crippen molar-refractivity contribution >= 4 is 49.9 Å². The first kappa shape index (κ1) is 22.1. The van der Waals surface area contributed by atoms with Crippen LogP contribution in [0.5, 0.6) is 5.75 Å². The zero-order valence-corrected chi connectivity index (χ0v) is 19.1. The molecule has 4 aromatic rings. The van der Waals surface area contributed by atoms with Crippen molar-refractivity contribution in [1.29, 1.82) is 0 Å². The van der Waals surface area contributed by atoms with Gasteiger partial charge in [0, 0.05) is 12.0 Å². The summed E-state index contributed by atoms with van der Waals surface area (Å²) in [6.07, 6.45) is -0.411. The molecule has 0 radical (unpaired) electrons. The van der Waals surface area contributed by atoms with Crippen molar-refractivity contribution in [3.8, 4) is 5.75 Å². The van der Waals surface area contributed by atoms with Gasteiger partial charge >= 0.3 is 0 Å². The summed E-state index contributed by atoms with van der Waals surface area (Å²) in [5.41, 5.74) is 3.69. The zero-order valence-electron chi connectivity index (χ0n) is 17.6. The van der Waals surface area contributed by atoms with Gasteiger partial charge in [0.2, 0.25) is 0 Å². The maximum atomic E-state index is 12.8. The normalized spacial score (nSPS) is 11.9. The molecule has 1 amide bonds. The lowest BCUT2D eigenvalue weighted by atomic mass is 10.1. The van der Waals surface area contributed by atoms with Crippen LogP contribution >= 0.6 is 22.9 Å². The van der Waals surface area contributed by atoms with Gasteiger partial charge in [0.05, 0.1) is 28.0 Å². The summed E-state index contributed by atoms with van der Waals surface area (Å²) in [6, 6.07) is 18.3. The van der Waals surface area contributed by atoms with E-state index in [1.165, 1.54) is 11.3 Å². The molecule has 0 saturated heterocycles. The van der Waals surface area contributed by atoms with Gasteiger partial charge in [-0.1, -0.05) is 47.2 Å². The fraction of sp³-hybridized carbons (Fsp3) is 0.167. The number of nitrogens with one attached hydrogen (secondary N) is 2. The van der Waals surface area contributed by atoms with Crippen LogP contribution in [0.1, 0.15) is 21.5 Å². The number of ether oxygens (including phenoxy) is 1. The third-order valence-electron chi connectivity index (χ3n) is 4.96. The predicted molar refractivity (Wildman–Crippen MR) is 130 cm³/mol.